The van der Waals surface area contributed by atoms with E-state index < -0.39 is 28.5 Å². The molecular weight excluding hydrogens is 530 g/mol. The van der Waals surface area contributed by atoms with E-state index in [4.69, 9.17) is 0 Å². The Balaban J connectivity index is 2.38. The number of hydrogen-bond donors (Lipinski definition) is 1. The predicted octanol–water partition coefficient (Wildman–Crippen LogP) is 4.67. The quantitative estimate of drug-likeness (QED) is 0.429. The average Bonchev–Trinajstić information content (AvgIpc) is 2.79. The van der Waals surface area contributed by atoms with Gasteiger partial charge >= 0.3 is 0 Å². The van der Waals surface area contributed by atoms with Gasteiger partial charge in [0.05, 0.1) is 11.9 Å². The number of benzene rings is 2. The van der Waals surface area contributed by atoms with Crippen molar-refractivity contribution in [2.75, 3.05) is 17.1 Å². The summed E-state index contributed by atoms with van der Waals surface area (Å²) in [5, 5.41) is 2.92. The van der Waals surface area contributed by atoms with Gasteiger partial charge in [0.15, 0.2) is 0 Å². The van der Waals surface area contributed by atoms with E-state index in [1.54, 1.807) is 19.1 Å². The molecule has 2 aromatic rings. The van der Waals surface area contributed by atoms with Gasteiger partial charge in [-0.3, -0.25) is 13.9 Å². The van der Waals surface area contributed by atoms with Crippen LogP contribution in [0.4, 0.5) is 5.69 Å². The van der Waals surface area contributed by atoms with Crippen molar-refractivity contribution in [3.05, 3.63) is 64.1 Å². The summed E-state index contributed by atoms with van der Waals surface area (Å²) in [6, 6.07) is 13.8. The Morgan fingerprint density at radius 3 is 2.17 bits per heavy atom. The fourth-order valence-electron chi connectivity index (χ4n) is 3.52. The second kappa shape index (κ2) is 12.5. The van der Waals surface area contributed by atoms with E-state index in [2.05, 4.69) is 35.1 Å². The molecule has 0 aromatic heterocycles. The number of nitrogens with zero attached hydrogens (tertiary/aromatic N) is 2. The van der Waals surface area contributed by atoms with Crippen molar-refractivity contribution in [1.82, 2.24) is 10.2 Å². The van der Waals surface area contributed by atoms with E-state index in [9.17, 15) is 18.0 Å². The molecule has 192 valence electrons. The van der Waals surface area contributed by atoms with Gasteiger partial charge < -0.3 is 10.2 Å². The zero-order valence-electron chi connectivity index (χ0n) is 21.3. The van der Waals surface area contributed by atoms with E-state index in [1.165, 1.54) is 4.90 Å². The van der Waals surface area contributed by atoms with Crippen LogP contribution < -0.4 is 9.62 Å². The monoisotopic (exact) mass is 565 g/mol. The molecule has 0 radical (unpaired) electrons. The average molecular weight is 567 g/mol. The van der Waals surface area contributed by atoms with Crippen LogP contribution in [-0.4, -0.2) is 50.0 Å². The summed E-state index contributed by atoms with van der Waals surface area (Å²) in [5.41, 5.74) is 2.30. The maximum atomic E-state index is 13.6. The minimum atomic E-state index is -3.75. The van der Waals surface area contributed by atoms with Crippen LogP contribution in [0.15, 0.2) is 53.0 Å². The summed E-state index contributed by atoms with van der Waals surface area (Å²) >= 11 is 3.44. The predicted molar refractivity (Wildman–Crippen MR) is 145 cm³/mol. The summed E-state index contributed by atoms with van der Waals surface area (Å²) in [6.45, 7) is 9.39. The first-order chi connectivity index (χ1) is 16.3. The molecule has 7 nitrogen and oxygen atoms in total. The van der Waals surface area contributed by atoms with Gasteiger partial charge in [-0.25, -0.2) is 8.42 Å². The first-order valence-electron chi connectivity index (χ1n) is 11.7. The number of rotatable bonds is 11. The topological polar surface area (TPSA) is 86.8 Å². The van der Waals surface area contributed by atoms with Crippen LogP contribution in [0.1, 0.15) is 58.1 Å². The lowest BCUT2D eigenvalue weighted by molar-refractivity contribution is -0.139. The molecule has 0 heterocycles. The molecule has 0 saturated carbocycles. The Hall–Kier alpha value is -2.39. The fraction of sp³-hybridized carbons (Fsp3) is 0.462. The number of nitrogens with one attached hydrogen (secondary N) is 1. The normalized spacial score (nSPS) is 13.3. The molecule has 0 aliphatic rings. The summed E-state index contributed by atoms with van der Waals surface area (Å²) in [7, 11) is -3.75. The zero-order valence-corrected chi connectivity index (χ0v) is 23.7. The Bertz CT molecular complexity index is 1120. The first kappa shape index (κ1) is 28.8. The van der Waals surface area contributed by atoms with E-state index in [-0.39, 0.29) is 18.5 Å². The molecule has 0 unspecified atom stereocenters. The number of carbonyl (C=O) groups is 2. The molecule has 0 fully saturated rings. The first-order valence-corrected chi connectivity index (χ1v) is 14.4. The molecule has 9 heteroatoms. The van der Waals surface area contributed by atoms with Crippen molar-refractivity contribution in [2.24, 2.45) is 0 Å². The minimum Gasteiger partial charge on any atom is -0.352 e. The smallest absolute Gasteiger partial charge is 0.244 e. The number of carbonyl (C=O) groups excluding carboxylic acids is 2. The second-order valence-electron chi connectivity index (χ2n) is 9.16. The highest BCUT2D eigenvalue weighted by molar-refractivity contribution is 9.10. The largest absolute Gasteiger partial charge is 0.352 e. The van der Waals surface area contributed by atoms with Crippen molar-refractivity contribution in [1.29, 1.82) is 0 Å². The lowest BCUT2D eigenvalue weighted by atomic mass is 10.0. The summed E-state index contributed by atoms with van der Waals surface area (Å²) < 4.78 is 27.3. The van der Waals surface area contributed by atoms with Crippen molar-refractivity contribution < 1.29 is 18.0 Å². The third-order valence-corrected chi connectivity index (χ3v) is 7.57. The molecule has 2 aromatic carbocycles. The Kier molecular flexibility index (Phi) is 10.3. The number of hydrogen-bond acceptors (Lipinski definition) is 4. The van der Waals surface area contributed by atoms with Gasteiger partial charge in [-0.15, -0.1) is 0 Å². The number of amides is 2. The van der Waals surface area contributed by atoms with E-state index in [0.717, 1.165) is 32.6 Å². The summed E-state index contributed by atoms with van der Waals surface area (Å²) in [4.78, 5) is 27.9. The Labute approximate surface area is 218 Å². The van der Waals surface area contributed by atoms with Crippen LogP contribution in [0.2, 0.25) is 0 Å². The molecule has 2 atom stereocenters. The molecule has 0 spiro atoms. The molecule has 2 amide bonds. The van der Waals surface area contributed by atoms with Crippen LogP contribution in [0.25, 0.3) is 0 Å². The molecule has 0 saturated heterocycles. The van der Waals surface area contributed by atoms with Gasteiger partial charge in [0, 0.05) is 17.1 Å². The lowest BCUT2D eigenvalue weighted by Crippen LogP contribution is -2.52. The minimum absolute atomic E-state index is 0.0419. The van der Waals surface area contributed by atoms with Crippen LogP contribution in [0.5, 0.6) is 0 Å². The third-order valence-electron chi connectivity index (χ3n) is 5.94. The Morgan fingerprint density at radius 1 is 1.03 bits per heavy atom. The molecule has 0 aliphatic carbocycles. The van der Waals surface area contributed by atoms with Gasteiger partial charge in [0.25, 0.3) is 0 Å². The van der Waals surface area contributed by atoms with Crippen molar-refractivity contribution in [2.45, 2.75) is 65.6 Å². The van der Waals surface area contributed by atoms with Crippen LogP contribution in [-0.2, 0) is 26.2 Å². The maximum absolute atomic E-state index is 13.6. The van der Waals surface area contributed by atoms with Crippen LogP contribution >= 0.6 is 15.9 Å². The van der Waals surface area contributed by atoms with Crippen molar-refractivity contribution in [3.63, 3.8) is 0 Å². The summed E-state index contributed by atoms with van der Waals surface area (Å²) in [5.74, 6) is -0.451. The summed E-state index contributed by atoms with van der Waals surface area (Å²) in [6.07, 6.45) is 1.83. The van der Waals surface area contributed by atoms with Gasteiger partial charge in [-0.05, 0) is 61.6 Å². The van der Waals surface area contributed by atoms with Crippen molar-refractivity contribution >= 4 is 43.5 Å². The van der Waals surface area contributed by atoms with Crippen LogP contribution in [0.3, 0.4) is 0 Å². The van der Waals surface area contributed by atoms with Gasteiger partial charge in [-0.2, -0.15) is 0 Å². The number of sulfonamides is 1. The van der Waals surface area contributed by atoms with Crippen LogP contribution in [0, 0.1) is 0 Å². The highest BCUT2D eigenvalue weighted by Gasteiger charge is 2.30. The van der Waals surface area contributed by atoms with E-state index >= 15 is 0 Å². The SMILES string of the molecule is CC[C@@H](C)NC(=O)[C@@H](C)N(Cc1cccc(Br)c1)C(=O)CN(c1ccc(C(C)C)cc1)S(C)(=O)=O. The maximum Gasteiger partial charge on any atom is 0.244 e. The number of halogens is 1. The van der Waals surface area contributed by atoms with E-state index in [1.807, 2.05) is 50.2 Å². The molecule has 0 aliphatic heterocycles. The molecule has 35 heavy (non-hydrogen) atoms. The van der Waals surface area contributed by atoms with Gasteiger partial charge in [0.1, 0.15) is 12.6 Å². The number of anilines is 1. The van der Waals surface area contributed by atoms with Crippen molar-refractivity contribution in [3.8, 4) is 0 Å². The lowest BCUT2D eigenvalue weighted by Gasteiger charge is -2.32. The second-order valence-corrected chi connectivity index (χ2v) is 12.0. The highest BCUT2D eigenvalue weighted by Crippen LogP contribution is 2.23. The van der Waals surface area contributed by atoms with Gasteiger partial charge in [0.2, 0.25) is 21.8 Å². The molecular formula is C26H36BrN3O4S. The third kappa shape index (κ3) is 8.35. The van der Waals surface area contributed by atoms with E-state index in [0.29, 0.717) is 11.6 Å². The fourth-order valence-corrected chi connectivity index (χ4v) is 4.82. The molecule has 2 rings (SSSR count). The molecule has 1 N–H and O–H groups in total. The van der Waals surface area contributed by atoms with Gasteiger partial charge in [-0.1, -0.05) is 61.0 Å². The molecule has 0 bridgehead atoms. The highest BCUT2D eigenvalue weighted by atomic mass is 79.9. The Morgan fingerprint density at radius 2 is 1.66 bits per heavy atom. The standard InChI is InChI=1S/C26H36BrN3O4S/c1-7-19(4)28-26(32)20(5)29(16-21-9-8-10-23(27)15-21)25(31)17-30(35(6,33)34)24-13-11-22(12-14-24)18(2)3/h8-15,18-20H,7,16-17H2,1-6H3,(H,28,32)/t19-,20-/m1/s1. The zero-order chi connectivity index (χ0) is 26.3.